The molecule has 0 spiro atoms. The van der Waals surface area contributed by atoms with Crippen molar-refractivity contribution in [2.45, 2.75) is 6.92 Å². The number of ether oxygens (including phenoxy) is 1. The van der Waals surface area contributed by atoms with Gasteiger partial charge in [-0.25, -0.2) is 5.48 Å². The van der Waals surface area contributed by atoms with Crippen LogP contribution in [0.3, 0.4) is 0 Å². The van der Waals surface area contributed by atoms with Crippen LogP contribution in [0.25, 0.3) is 10.9 Å². The summed E-state index contributed by atoms with van der Waals surface area (Å²) in [6, 6.07) is 5.44. The highest BCUT2D eigenvalue weighted by atomic mass is 79.9. The molecular formula is C12H11BrN2O3. The predicted octanol–water partition coefficient (Wildman–Crippen LogP) is 2.19. The molecule has 94 valence electrons. The van der Waals surface area contributed by atoms with Gasteiger partial charge >= 0.3 is 0 Å². The standard InChI is InChI=1S/C12H11BrN2O3/c1-7-4-5-14-8-2-3-9(12(13)11(7)8)18-6-10(16)15-17/h2-5,17H,6H2,1H3,(H,15,16). The normalized spacial score (nSPS) is 10.4. The molecule has 0 saturated heterocycles. The SMILES string of the molecule is Cc1ccnc2ccc(OCC(=O)NO)c(Br)c12. The van der Waals surface area contributed by atoms with E-state index >= 15 is 0 Å². The first kappa shape index (κ1) is 12.8. The number of nitrogens with one attached hydrogen (secondary N) is 1. The summed E-state index contributed by atoms with van der Waals surface area (Å²) >= 11 is 3.45. The number of benzene rings is 1. The lowest BCUT2D eigenvalue weighted by Crippen LogP contribution is -2.25. The number of hydroxylamine groups is 1. The van der Waals surface area contributed by atoms with E-state index in [-0.39, 0.29) is 6.61 Å². The number of carbonyl (C=O) groups excluding carboxylic acids is 1. The first-order valence-corrected chi connectivity index (χ1v) is 6.02. The van der Waals surface area contributed by atoms with Gasteiger partial charge in [0.15, 0.2) is 6.61 Å². The molecule has 18 heavy (non-hydrogen) atoms. The molecule has 0 aliphatic heterocycles. The maximum atomic E-state index is 10.9. The summed E-state index contributed by atoms with van der Waals surface area (Å²) < 4.78 is 6.05. The second-order valence-electron chi connectivity index (χ2n) is 3.72. The van der Waals surface area contributed by atoms with Crippen LogP contribution < -0.4 is 10.2 Å². The highest BCUT2D eigenvalue weighted by molar-refractivity contribution is 9.10. The number of hydrogen-bond donors (Lipinski definition) is 2. The lowest BCUT2D eigenvalue weighted by molar-refractivity contribution is -0.131. The molecule has 0 bridgehead atoms. The van der Waals surface area contributed by atoms with Gasteiger partial charge in [0.05, 0.1) is 9.99 Å². The Balaban J connectivity index is 2.38. The summed E-state index contributed by atoms with van der Waals surface area (Å²) in [7, 11) is 0. The Morgan fingerprint density at radius 2 is 2.28 bits per heavy atom. The summed E-state index contributed by atoms with van der Waals surface area (Å²) in [5.74, 6) is -0.0768. The molecule has 0 unspecified atom stereocenters. The van der Waals surface area contributed by atoms with Crippen molar-refractivity contribution in [1.82, 2.24) is 10.5 Å². The van der Waals surface area contributed by atoms with Crippen molar-refractivity contribution >= 4 is 32.7 Å². The third kappa shape index (κ3) is 2.44. The number of carbonyl (C=O) groups is 1. The lowest BCUT2D eigenvalue weighted by atomic mass is 10.1. The summed E-state index contributed by atoms with van der Waals surface area (Å²) in [6.45, 7) is 1.72. The van der Waals surface area contributed by atoms with Crippen LogP contribution in [0.1, 0.15) is 5.56 Å². The number of amides is 1. The molecule has 2 rings (SSSR count). The van der Waals surface area contributed by atoms with Crippen LogP contribution in [0.4, 0.5) is 0 Å². The zero-order chi connectivity index (χ0) is 13.1. The van der Waals surface area contributed by atoms with Gasteiger partial charge in [0.1, 0.15) is 5.75 Å². The van der Waals surface area contributed by atoms with Gasteiger partial charge in [-0.2, -0.15) is 0 Å². The molecule has 0 saturated carbocycles. The van der Waals surface area contributed by atoms with E-state index in [0.717, 1.165) is 20.9 Å². The fraction of sp³-hybridized carbons (Fsp3) is 0.167. The van der Waals surface area contributed by atoms with Crippen molar-refractivity contribution in [3.8, 4) is 5.75 Å². The number of halogens is 1. The third-order valence-corrected chi connectivity index (χ3v) is 3.29. The minimum atomic E-state index is -0.607. The highest BCUT2D eigenvalue weighted by Gasteiger charge is 2.10. The molecule has 2 N–H and O–H groups in total. The van der Waals surface area contributed by atoms with Crippen molar-refractivity contribution in [2.24, 2.45) is 0 Å². The molecule has 0 radical (unpaired) electrons. The van der Waals surface area contributed by atoms with E-state index in [0.29, 0.717) is 5.75 Å². The maximum absolute atomic E-state index is 10.9. The summed E-state index contributed by atoms with van der Waals surface area (Å²) in [5, 5.41) is 9.34. The fourth-order valence-electron chi connectivity index (χ4n) is 1.63. The Kier molecular flexibility index (Phi) is 3.78. The molecule has 2 aromatic rings. The van der Waals surface area contributed by atoms with Crippen LogP contribution in [0, 0.1) is 6.92 Å². The van der Waals surface area contributed by atoms with E-state index < -0.39 is 5.91 Å². The number of aryl methyl sites for hydroxylation is 1. The molecule has 1 aromatic heterocycles. The zero-order valence-corrected chi connectivity index (χ0v) is 11.2. The first-order chi connectivity index (χ1) is 8.63. The molecule has 6 heteroatoms. The number of fused-ring (bicyclic) bond motifs is 1. The molecule has 0 aliphatic carbocycles. The summed E-state index contributed by atoms with van der Waals surface area (Å²) in [4.78, 5) is 15.2. The molecule has 0 aliphatic rings. The molecule has 5 nitrogen and oxygen atoms in total. The highest BCUT2D eigenvalue weighted by Crippen LogP contribution is 2.34. The van der Waals surface area contributed by atoms with E-state index in [2.05, 4.69) is 20.9 Å². The van der Waals surface area contributed by atoms with Gasteiger partial charge < -0.3 is 4.74 Å². The van der Waals surface area contributed by atoms with E-state index in [9.17, 15) is 4.79 Å². The van der Waals surface area contributed by atoms with Crippen LogP contribution >= 0.6 is 15.9 Å². The Morgan fingerprint density at radius 1 is 1.50 bits per heavy atom. The van der Waals surface area contributed by atoms with Crippen LogP contribution in [-0.4, -0.2) is 22.7 Å². The largest absolute Gasteiger partial charge is 0.482 e. The molecule has 1 amide bonds. The van der Waals surface area contributed by atoms with Crippen molar-refractivity contribution < 1.29 is 14.7 Å². The number of aromatic nitrogens is 1. The average molecular weight is 311 g/mol. The van der Waals surface area contributed by atoms with Crippen LogP contribution in [0.15, 0.2) is 28.9 Å². The van der Waals surface area contributed by atoms with Gasteiger partial charge in [0.2, 0.25) is 0 Å². The number of pyridine rings is 1. The molecule has 1 aromatic carbocycles. The van der Waals surface area contributed by atoms with Crippen LogP contribution in [0.2, 0.25) is 0 Å². The zero-order valence-electron chi connectivity index (χ0n) is 9.61. The van der Waals surface area contributed by atoms with E-state index in [1.165, 1.54) is 5.48 Å². The Hall–Kier alpha value is -1.66. The monoisotopic (exact) mass is 310 g/mol. The predicted molar refractivity (Wildman–Crippen MR) is 69.6 cm³/mol. The fourth-order valence-corrected chi connectivity index (χ4v) is 2.39. The Bertz CT molecular complexity index is 601. The van der Waals surface area contributed by atoms with Crippen molar-refractivity contribution in [2.75, 3.05) is 6.61 Å². The van der Waals surface area contributed by atoms with E-state index in [1.807, 2.05) is 19.1 Å². The number of rotatable bonds is 3. The van der Waals surface area contributed by atoms with E-state index in [4.69, 9.17) is 9.94 Å². The Morgan fingerprint density at radius 3 is 3.00 bits per heavy atom. The molecule has 0 fully saturated rings. The summed E-state index contributed by atoms with van der Waals surface area (Å²) in [5.41, 5.74) is 3.42. The van der Waals surface area contributed by atoms with Crippen molar-refractivity contribution in [3.05, 3.63) is 34.4 Å². The first-order valence-electron chi connectivity index (χ1n) is 5.23. The third-order valence-electron chi connectivity index (χ3n) is 2.50. The summed E-state index contributed by atoms with van der Waals surface area (Å²) in [6.07, 6.45) is 1.74. The topological polar surface area (TPSA) is 71.5 Å². The molecule has 0 atom stereocenters. The van der Waals surface area contributed by atoms with Gasteiger partial charge in [-0.05, 0) is 46.6 Å². The van der Waals surface area contributed by atoms with Crippen molar-refractivity contribution in [1.29, 1.82) is 0 Å². The number of nitrogens with zero attached hydrogens (tertiary/aromatic N) is 1. The van der Waals surface area contributed by atoms with E-state index in [1.54, 1.807) is 12.3 Å². The van der Waals surface area contributed by atoms with Crippen molar-refractivity contribution in [3.63, 3.8) is 0 Å². The van der Waals surface area contributed by atoms with Crippen LogP contribution in [0.5, 0.6) is 5.75 Å². The molecular weight excluding hydrogens is 300 g/mol. The second-order valence-corrected chi connectivity index (χ2v) is 4.52. The molecule has 1 heterocycles. The van der Waals surface area contributed by atoms with Gasteiger partial charge in [0.25, 0.3) is 5.91 Å². The second kappa shape index (κ2) is 5.32. The quantitative estimate of drug-likeness (QED) is 0.673. The minimum absolute atomic E-state index is 0.250. The van der Waals surface area contributed by atoms with Gasteiger partial charge in [-0.1, -0.05) is 0 Å². The van der Waals surface area contributed by atoms with Gasteiger partial charge in [-0.15, -0.1) is 0 Å². The Labute approximate surface area is 112 Å². The van der Waals surface area contributed by atoms with Gasteiger partial charge in [-0.3, -0.25) is 15.0 Å². The van der Waals surface area contributed by atoms with Gasteiger partial charge in [0, 0.05) is 11.6 Å². The average Bonchev–Trinajstić information content (AvgIpc) is 2.37. The smallest absolute Gasteiger partial charge is 0.281 e. The minimum Gasteiger partial charge on any atom is -0.482 e. The number of hydrogen-bond acceptors (Lipinski definition) is 4. The lowest BCUT2D eigenvalue weighted by Gasteiger charge is -2.10. The van der Waals surface area contributed by atoms with Crippen LogP contribution in [-0.2, 0) is 4.79 Å². The maximum Gasteiger partial charge on any atom is 0.281 e.